The van der Waals surface area contributed by atoms with Gasteiger partial charge in [0.1, 0.15) is 5.10 Å². The molecular formula is C3H6N8O4. The van der Waals surface area contributed by atoms with Crippen molar-refractivity contribution in [1.29, 1.82) is 0 Å². The Morgan fingerprint density at radius 1 is 1.60 bits per heavy atom. The van der Waals surface area contributed by atoms with Crippen LogP contribution in [0.25, 0.3) is 0 Å². The number of aromatic nitrogens is 4. The molecule has 12 heteroatoms. The van der Waals surface area contributed by atoms with Gasteiger partial charge >= 0.3 is 5.62 Å². The summed E-state index contributed by atoms with van der Waals surface area (Å²) in [4.78, 5) is 20.3. The summed E-state index contributed by atoms with van der Waals surface area (Å²) in [5, 5.41) is 30.9. The Balaban J connectivity index is 2.92. The summed E-state index contributed by atoms with van der Waals surface area (Å²) in [5.74, 6) is 0. The van der Waals surface area contributed by atoms with Gasteiger partial charge in [0.25, 0.3) is 0 Å². The second-order valence-electron chi connectivity index (χ2n) is 2.40. The van der Waals surface area contributed by atoms with Crippen molar-refractivity contribution >= 4 is 0 Å². The van der Waals surface area contributed by atoms with Crippen molar-refractivity contribution in [3.63, 3.8) is 0 Å². The minimum atomic E-state index is -0.972. The molecule has 1 heterocycles. The van der Waals surface area contributed by atoms with Crippen molar-refractivity contribution in [3.05, 3.63) is 25.8 Å². The highest BCUT2D eigenvalue weighted by atomic mass is 16.7. The van der Waals surface area contributed by atoms with E-state index in [1.807, 2.05) is 0 Å². The first kappa shape index (κ1) is 10.6. The number of rotatable bonds is 4. The molecule has 0 radical (unpaired) electrons. The predicted molar refractivity (Wildman–Crippen MR) is 41.7 cm³/mol. The maximum absolute atomic E-state index is 10.3. The minimum absolute atomic E-state index is 0.285. The van der Waals surface area contributed by atoms with Crippen LogP contribution in [0.15, 0.2) is 5.10 Å². The third-order valence-corrected chi connectivity index (χ3v) is 1.34. The first-order chi connectivity index (χ1) is 7.00. The Morgan fingerprint density at radius 3 is 2.80 bits per heavy atom. The third kappa shape index (κ3) is 2.71. The lowest BCUT2D eigenvalue weighted by atomic mass is 10.9. The van der Waals surface area contributed by atoms with E-state index in [-0.39, 0.29) is 12.3 Å². The zero-order valence-corrected chi connectivity index (χ0v) is 7.47. The molecular weight excluding hydrogens is 212 g/mol. The molecule has 0 spiro atoms. The molecule has 0 amide bonds. The molecule has 0 aliphatic rings. The van der Waals surface area contributed by atoms with E-state index >= 15 is 0 Å². The Hall–Kier alpha value is -2.53. The van der Waals surface area contributed by atoms with Gasteiger partial charge in [0.05, 0.1) is 7.05 Å². The molecule has 1 N–H and O–H groups in total. The fourth-order valence-corrected chi connectivity index (χ4v) is 0.718. The van der Waals surface area contributed by atoms with Crippen molar-refractivity contribution in [2.24, 2.45) is 5.10 Å². The molecule has 0 atom stereocenters. The van der Waals surface area contributed by atoms with Crippen LogP contribution in [0.2, 0.25) is 0 Å². The van der Waals surface area contributed by atoms with Crippen molar-refractivity contribution in [3.8, 4) is 0 Å². The van der Waals surface area contributed by atoms with Gasteiger partial charge < -0.3 is 0 Å². The highest BCUT2D eigenvalue weighted by Crippen LogP contribution is 1.83. The first-order valence-electron chi connectivity index (χ1n) is 3.53. The van der Waals surface area contributed by atoms with Gasteiger partial charge in [0.15, 0.2) is 16.7 Å². The van der Waals surface area contributed by atoms with E-state index in [1.54, 1.807) is 0 Å². The van der Waals surface area contributed by atoms with E-state index in [9.17, 15) is 20.2 Å². The van der Waals surface area contributed by atoms with Crippen LogP contribution < -0.4 is 5.62 Å². The average molecular weight is 218 g/mol. The highest BCUT2D eigenvalue weighted by molar-refractivity contribution is 4.45. The quantitative estimate of drug-likeness (QED) is 0.444. The van der Waals surface area contributed by atoms with Crippen LogP contribution in [0.1, 0.15) is 0 Å². The molecule has 0 aliphatic heterocycles. The lowest BCUT2D eigenvalue weighted by Gasteiger charge is -2.06. The van der Waals surface area contributed by atoms with Gasteiger partial charge in [0.2, 0.25) is 0 Å². The Bertz CT molecular complexity index is 431. The Kier molecular flexibility index (Phi) is 2.90. The summed E-state index contributed by atoms with van der Waals surface area (Å²) in [6.45, 7) is -0.285. The standard InChI is InChI=1S/C3H6N8O4/c1-8(11(14)15)2-9-3(4-6-7-9)5-10(12)13/h2H2,1H3,(H,4,5,7). The van der Waals surface area contributed by atoms with Crippen LogP contribution in [-0.2, 0) is 6.67 Å². The summed E-state index contributed by atoms with van der Waals surface area (Å²) in [6, 6.07) is 0. The number of H-pyrrole nitrogens is 1. The number of nitro groups is 2. The molecule has 0 saturated carbocycles. The summed E-state index contributed by atoms with van der Waals surface area (Å²) in [6.07, 6.45) is 0. The van der Waals surface area contributed by atoms with Gasteiger partial charge in [-0.05, 0) is 5.21 Å². The van der Waals surface area contributed by atoms with E-state index in [4.69, 9.17) is 0 Å². The molecule has 1 rings (SSSR count). The van der Waals surface area contributed by atoms with Crippen LogP contribution >= 0.6 is 0 Å². The maximum atomic E-state index is 10.3. The molecule has 82 valence electrons. The molecule has 15 heavy (non-hydrogen) atoms. The van der Waals surface area contributed by atoms with Crippen molar-refractivity contribution < 1.29 is 10.1 Å². The SMILES string of the molecule is CN(Cn1[nH]nn/c1=N\[N+](=O)[O-])[N+](=O)[O-]. The summed E-state index contributed by atoms with van der Waals surface area (Å²) in [7, 11) is 1.18. The van der Waals surface area contributed by atoms with Crippen molar-refractivity contribution in [1.82, 2.24) is 25.2 Å². The van der Waals surface area contributed by atoms with E-state index in [2.05, 4.69) is 20.6 Å². The number of nitrogens with one attached hydrogen (secondary N) is 1. The van der Waals surface area contributed by atoms with Crippen LogP contribution in [0.4, 0.5) is 0 Å². The molecule has 0 bridgehead atoms. The van der Waals surface area contributed by atoms with Crippen LogP contribution in [0.5, 0.6) is 0 Å². The molecule has 0 aromatic carbocycles. The first-order valence-corrected chi connectivity index (χ1v) is 3.53. The maximum Gasteiger partial charge on any atom is 0.339 e. The molecule has 12 nitrogen and oxygen atoms in total. The molecule has 0 saturated heterocycles. The zero-order chi connectivity index (χ0) is 11.4. The van der Waals surface area contributed by atoms with Gasteiger partial charge in [-0.15, -0.1) is 5.01 Å². The lowest BCUT2D eigenvalue weighted by Crippen LogP contribution is -2.34. The topological polar surface area (TPSA) is 148 Å². The van der Waals surface area contributed by atoms with Crippen molar-refractivity contribution in [2.45, 2.75) is 6.67 Å². The van der Waals surface area contributed by atoms with E-state index in [0.29, 0.717) is 5.01 Å². The zero-order valence-electron chi connectivity index (χ0n) is 7.47. The van der Waals surface area contributed by atoms with Crippen LogP contribution in [-0.4, -0.2) is 42.3 Å². The molecule has 0 unspecified atom stereocenters. The number of tetrazole rings is 1. The fourth-order valence-electron chi connectivity index (χ4n) is 0.718. The largest absolute Gasteiger partial charge is 0.339 e. The Labute approximate surface area is 81.0 Å². The smallest absolute Gasteiger partial charge is 0.235 e. The number of hydrogen-bond donors (Lipinski definition) is 1. The van der Waals surface area contributed by atoms with Gasteiger partial charge in [-0.25, -0.2) is 24.9 Å². The predicted octanol–water partition coefficient (Wildman–Crippen LogP) is -2.22. The van der Waals surface area contributed by atoms with Gasteiger partial charge in [0, 0.05) is 0 Å². The van der Waals surface area contributed by atoms with Gasteiger partial charge in [-0.2, -0.15) is 5.21 Å². The average Bonchev–Trinajstić information content (AvgIpc) is 2.51. The minimum Gasteiger partial charge on any atom is -0.235 e. The summed E-state index contributed by atoms with van der Waals surface area (Å²) < 4.78 is 0.950. The van der Waals surface area contributed by atoms with E-state index < -0.39 is 10.1 Å². The van der Waals surface area contributed by atoms with Crippen LogP contribution in [0.3, 0.4) is 0 Å². The number of aromatic amines is 1. The number of hydrazine groups is 1. The van der Waals surface area contributed by atoms with Gasteiger partial charge in [-0.3, -0.25) is 0 Å². The second kappa shape index (κ2) is 4.12. The molecule has 0 aliphatic carbocycles. The number of hydrogen-bond acceptors (Lipinski definition) is 6. The third-order valence-electron chi connectivity index (χ3n) is 1.34. The number of nitrogens with zero attached hydrogens (tertiary/aromatic N) is 7. The fraction of sp³-hybridized carbons (Fsp3) is 0.667. The second-order valence-corrected chi connectivity index (χ2v) is 2.40. The molecule has 0 fully saturated rings. The highest BCUT2D eigenvalue weighted by Gasteiger charge is 2.10. The normalized spacial score (nSPS) is 11.4. The molecule has 1 aromatic heterocycles. The Morgan fingerprint density at radius 2 is 2.27 bits per heavy atom. The summed E-state index contributed by atoms with van der Waals surface area (Å²) in [5.41, 5.74) is -0.353. The van der Waals surface area contributed by atoms with E-state index in [0.717, 1.165) is 4.68 Å². The monoisotopic (exact) mass is 218 g/mol. The van der Waals surface area contributed by atoms with Crippen LogP contribution in [0, 0.1) is 20.2 Å². The lowest BCUT2D eigenvalue weighted by molar-refractivity contribution is -0.656. The van der Waals surface area contributed by atoms with Gasteiger partial charge in [-0.1, -0.05) is 5.10 Å². The summed E-state index contributed by atoms with van der Waals surface area (Å²) >= 11 is 0. The van der Waals surface area contributed by atoms with E-state index in [1.165, 1.54) is 7.05 Å². The molecule has 1 aromatic rings. The van der Waals surface area contributed by atoms with Crippen molar-refractivity contribution in [2.75, 3.05) is 7.05 Å².